The number of carbonyl (C=O) groups is 1. The van der Waals surface area contributed by atoms with Crippen LogP contribution in [0.15, 0.2) is 47.6 Å². The first kappa shape index (κ1) is 17.9. The zero-order chi connectivity index (χ0) is 18.6. The van der Waals surface area contributed by atoms with E-state index in [0.717, 1.165) is 33.4 Å². The summed E-state index contributed by atoms with van der Waals surface area (Å²) in [6.07, 6.45) is 0. The summed E-state index contributed by atoms with van der Waals surface area (Å²) >= 11 is 2.54. The highest BCUT2D eigenvalue weighted by Gasteiger charge is 2.14. The van der Waals surface area contributed by atoms with Crippen molar-refractivity contribution in [3.8, 4) is 0 Å². The molecule has 4 rings (SSSR count). The number of methoxy groups -OCH3 is 1. The molecule has 1 amide bonds. The number of fused-ring (bicyclic) bond motifs is 2. The van der Waals surface area contributed by atoms with E-state index in [4.69, 9.17) is 4.74 Å². The summed E-state index contributed by atoms with van der Waals surface area (Å²) in [6.45, 7) is 1.27. The summed E-state index contributed by atoms with van der Waals surface area (Å²) in [6, 6.07) is 13.5. The fourth-order valence-corrected chi connectivity index (χ4v) is 4.18. The summed E-state index contributed by atoms with van der Waals surface area (Å²) in [4.78, 5) is 17.1. The zero-order valence-electron chi connectivity index (χ0n) is 14.6. The molecule has 0 aliphatic heterocycles. The quantitative estimate of drug-likeness (QED) is 0.480. The monoisotopic (exact) mass is 399 g/mol. The molecule has 0 saturated heterocycles. The zero-order valence-corrected chi connectivity index (χ0v) is 16.2. The van der Waals surface area contributed by atoms with Crippen LogP contribution in [-0.4, -0.2) is 43.7 Å². The topological polar surface area (TPSA) is 81.9 Å². The number of benzene rings is 2. The Morgan fingerprint density at radius 1 is 1.19 bits per heavy atom. The molecule has 9 heteroatoms. The second kappa shape index (κ2) is 8.03. The third kappa shape index (κ3) is 3.80. The molecule has 1 N–H and O–H groups in total. The van der Waals surface area contributed by atoms with Crippen LogP contribution in [-0.2, 0) is 16.1 Å². The van der Waals surface area contributed by atoms with E-state index in [1.807, 2.05) is 42.5 Å². The Bertz CT molecular complexity index is 1090. The highest BCUT2D eigenvalue weighted by molar-refractivity contribution is 7.99. The minimum Gasteiger partial charge on any atom is -0.383 e. The lowest BCUT2D eigenvalue weighted by Crippen LogP contribution is -2.15. The number of hydrogen-bond donors (Lipinski definition) is 1. The lowest BCUT2D eigenvalue weighted by molar-refractivity contribution is -0.113. The predicted octanol–water partition coefficient (Wildman–Crippen LogP) is 3.42. The van der Waals surface area contributed by atoms with Gasteiger partial charge >= 0.3 is 0 Å². The van der Waals surface area contributed by atoms with Gasteiger partial charge in [0, 0.05) is 13.7 Å². The lowest BCUT2D eigenvalue weighted by Gasteiger charge is -2.09. The Morgan fingerprint density at radius 2 is 2.04 bits per heavy atom. The van der Waals surface area contributed by atoms with E-state index in [-0.39, 0.29) is 11.7 Å². The van der Waals surface area contributed by atoms with Crippen molar-refractivity contribution >= 4 is 57.2 Å². The molecular formula is C18H17N5O2S2. The van der Waals surface area contributed by atoms with Crippen molar-refractivity contribution in [2.45, 2.75) is 11.7 Å². The van der Waals surface area contributed by atoms with Gasteiger partial charge in [-0.1, -0.05) is 30.0 Å². The molecule has 0 fully saturated rings. The Kier molecular flexibility index (Phi) is 5.33. The van der Waals surface area contributed by atoms with Crippen LogP contribution in [0.5, 0.6) is 0 Å². The lowest BCUT2D eigenvalue weighted by atomic mass is 10.2. The second-order valence-corrected chi connectivity index (χ2v) is 7.27. The Hall–Kier alpha value is -2.49. The van der Waals surface area contributed by atoms with Crippen LogP contribution >= 0.6 is 23.5 Å². The molecule has 0 atom stereocenters. The largest absolute Gasteiger partial charge is 0.383 e. The van der Waals surface area contributed by atoms with Gasteiger partial charge < -0.3 is 14.6 Å². The van der Waals surface area contributed by atoms with Gasteiger partial charge in [-0.25, -0.2) is 4.98 Å². The van der Waals surface area contributed by atoms with Crippen molar-refractivity contribution in [2.24, 2.45) is 0 Å². The number of hydrogen-bond acceptors (Lipinski definition) is 7. The van der Waals surface area contributed by atoms with E-state index >= 15 is 0 Å². The van der Waals surface area contributed by atoms with Crippen LogP contribution in [0.4, 0.5) is 5.69 Å². The van der Waals surface area contributed by atoms with Crippen LogP contribution in [0.2, 0.25) is 0 Å². The number of anilines is 1. The van der Waals surface area contributed by atoms with Gasteiger partial charge in [-0.05, 0) is 24.3 Å². The number of thioether (sulfide) groups is 1. The predicted molar refractivity (Wildman–Crippen MR) is 108 cm³/mol. The Labute approximate surface area is 164 Å². The Morgan fingerprint density at radius 3 is 2.93 bits per heavy atom. The molecular weight excluding hydrogens is 382 g/mol. The maximum Gasteiger partial charge on any atom is 0.234 e. The maximum absolute atomic E-state index is 12.5. The van der Waals surface area contributed by atoms with Crippen LogP contribution in [0.3, 0.4) is 0 Å². The van der Waals surface area contributed by atoms with E-state index in [9.17, 15) is 4.79 Å². The summed E-state index contributed by atoms with van der Waals surface area (Å²) in [7, 11) is 1.67. The van der Waals surface area contributed by atoms with Crippen LogP contribution in [0.25, 0.3) is 22.1 Å². The SMILES string of the molecule is COCCn1c(SCC(=O)Nc2cccc3nsnc23)nc2ccccc21. The van der Waals surface area contributed by atoms with E-state index in [2.05, 4.69) is 23.6 Å². The first-order valence-corrected chi connectivity index (χ1v) is 10.1. The van der Waals surface area contributed by atoms with Gasteiger partial charge in [0.1, 0.15) is 11.0 Å². The molecule has 0 unspecified atom stereocenters. The average Bonchev–Trinajstić information content (AvgIpc) is 3.30. The smallest absolute Gasteiger partial charge is 0.234 e. The van der Waals surface area contributed by atoms with Gasteiger partial charge in [0.05, 0.1) is 40.8 Å². The number of carbonyl (C=O) groups excluding carboxylic acids is 1. The summed E-state index contributed by atoms with van der Waals surface area (Å²) in [5, 5.41) is 3.72. The average molecular weight is 400 g/mol. The molecule has 4 aromatic rings. The fraction of sp³-hybridized carbons (Fsp3) is 0.222. The van der Waals surface area contributed by atoms with Crippen molar-refractivity contribution in [3.05, 3.63) is 42.5 Å². The molecule has 2 aromatic carbocycles. The summed E-state index contributed by atoms with van der Waals surface area (Å²) < 4.78 is 15.7. The molecule has 7 nitrogen and oxygen atoms in total. The third-order valence-electron chi connectivity index (χ3n) is 4.03. The molecule has 2 aromatic heterocycles. The van der Waals surface area contributed by atoms with E-state index in [1.54, 1.807) is 7.11 Å². The maximum atomic E-state index is 12.5. The van der Waals surface area contributed by atoms with Gasteiger partial charge in [-0.15, -0.1) is 0 Å². The minimum atomic E-state index is -0.106. The molecule has 2 heterocycles. The molecule has 0 radical (unpaired) electrons. The number of nitrogens with one attached hydrogen (secondary N) is 1. The van der Waals surface area contributed by atoms with Gasteiger partial charge in [0.15, 0.2) is 5.16 Å². The molecule has 0 bridgehead atoms. The second-order valence-electron chi connectivity index (χ2n) is 5.80. The van der Waals surface area contributed by atoms with Crippen molar-refractivity contribution < 1.29 is 9.53 Å². The Balaban J connectivity index is 1.49. The van der Waals surface area contributed by atoms with Crippen molar-refractivity contribution in [1.82, 2.24) is 18.3 Å². The van der Waals surface area contributed by atoms with Gasteiger partial charge in [0.25, 0.3) is 0 Å². The number of amides is 1. The minimum absolute atomic E-state index is 0.106. The van der Waals surface area contributed by atoms with Gasteiger partial charge in [-0.3, -0.25) is 4.79 Å². The number of ether oxygens (including phenoxy) is 1. The number of aromatic nitrogens is 4. The summed E-state index contributed by atoms with van der Waals surface area (Å²) in [5.74, 6) is 0.149. The molecule has 0 aliphatic carbocycles. The van der Waals surface area contributed by atoms with Crippen molar-refractivity contribution in [2.75, 3.05) is 24.8 Å². The first-order valence-electron chi connectivity index (χ1n) is 8.34. The molecule has 27 heavy (non-hydrogen) atoms. The standard InChI is InChI=1S/C18H17N5O2S2/c1-25-10-9-23-15-8-3-2-5-12(15)20-18(23)26-11-16(24)19-13-6-4-7-14-17(13)22-27-21-14/h2-8H,9-11H2,1H3,(H,19,24). The molecule has 0 saturated carbocycles. The number of rotatable bonds is 7. The van der Waals surface area contributed by atoms with E-state index < -0.39 is 0 Å². The van der Waals surface area contributed by atoms with E-state index in [1.165, 1.54) is 11.8 Å². The molecule has 0 aliphatic rings. The third-order valence-corrected chi connectivity index (χ3v) is 5.55. The van der Waals surface area contributed by atoms with Crippen LogP contribution < -0.4 is 5.32 Å². The highest BCUT2D eigenvalue weighted by atomic mass is 32.2. The molecule has 0 spiro atoms. The highest BCUT2D eigenvalue weighted by Crippen LogP contribution is 2.25. The summed E-state index contributed by atoms with van der Waals surface area (Å²) in [5.41, 5.74) is 4.13. The number of nitrogens with zero attached hydrogens (tertiary/aromatic N) is 4. The number of para-hydroxylation sites is 2. The number of imidazole rings is 1. The van der Waals surface area contributed by atoms with E-state index in [0.29, 0.717) is 24.4 Å². The van der Waals surface area contributed by atoms with Crippen molar-refractivity contribution in [3.63, 3.8) is 0 Å². The first-order chi connectivity index (χ1) is 13.3. The van der Waals surface area contributed by atoms with Crippen molar-refractivity contribution in [1.29, 1.82) is 0 Å². The van der Waals surface area contributed by atoms with Crippen LogP contribution in [0.1, 0.15) is 0 Å². The fourth-order valence-electron chi connectivity index (χ4n) is 2.79. The molecule has 138 valence electrons. The van der Waals surface area contributed by atoms with Crippen LogP contribution in [0, 0.1) is 0 Å². The normalized spacial score (nSPS) is 11.3. The van der Waals surface area contributed by atoms with Gasteiger partial charge in [0.2, 0.25) is 5.91 Å². The van der Waals surface area contributed by atoms with Gasteiger partial charge in [-0.2, -0.15) is 8.75 Å².